The highest BCUT2D eigenvalue weighted by molar-refractivity contribution is 7.89. The summed E-state index contributed by atoms with van der Waals surface area (Å²) in [4.78, 5) is 14.7. The highest BCUT2D eigenvalue weighted by atomic mass is 32.2. The van der Waals surface area contributed by atoms with Gasteiger partial charge in [-0.1, -0.05) is 43.7 Å². The molecule has 0 heterocycles. The van der Waals surface area contributed by atoms with E-state index in [0.29, 0.717) is 12.0 Å². The number of hydrogen-bond acceptors (Lipinski definition) is 4. The summed E-state index contributed by atoms with van der Waals surface area (Å²) in [5.41, 5.74) is 2.28. The molecule has 0 aliphatic carbocycles. The smallest absolute Gasteiger partial charge is 0.241 e. The van der Waals surface area contributed by atoms with Crippen LogP contribution in [0.4, 0.5) is 0 Å². The largest absolute Gasteiger partial charge is 0.340 e. The number of rotatable bonds is 8. The lowest BCUT2D eigenvalue weighted by atomic mass is 10.0. The maximum Gasteiger partial charge on any atom is 0.241 e. The Morgan fingerprint density at radius 3 is 2.41 bits per heavy atom. The van der Waals surface area contributed by atoms with Crippen LogP contribution in [0.2, 0.25) is 0 Å². The van der Waals surface area contributed by atoms with Gasteiger partial charge < -0.3 is 4.90 Å². The van der Waals surface area contributed by atoms with Crippen LogP contribution in [0.5, 0.6) is 0 Å². The zero-order valence-corrected chi connectivity index (χ0v) is 18.0. The first kappa shape index (κ1) is 22.6. The van der Waals surface area contributed by atoms with Crippen molar-refractivity contribution in [1.29, 1.82) is 5.26 Å². The Balaban J connectivity index is 2.20. The number of aryl methyl sites for hydroxylation is 1. The van der Waals surface area contributed by atoms with E-state index in [4.69, 9.17) is 5.26 Å². The third kappa shape index (κ3) is 6.41. The molecule has 2 aromatic carbocycles. The molecular formula is C22H27N3O3S. The number of benzene rings is 2. The van der Waals surface area contributed by atoms with Crippen molar-refractivity contribution in [2.24, 2.45) is 5.92 Å². The van der Waals surface area contributed by atoms with E-state index in [1.165, 1.54) is 17.0 Å². The van der Waals surface area contributed by atoms with E-state index in [2.05, 4.69) is 10.8 Å². The summed E-state index contributed by atoms with van der Waals surface area (Å²) in [5.74, 6) is -0.184. The average Bonchev–Trinajstić information content (AvgIpc) is 2.66. The van der Waals surface area contributed by atoms with Crippen molar-refractivity contribution in [3.05, 3.63) is 65.2 Å². The van der Waals surface area contributed by atoms with Gasteiger partial charge in [0.05, 0.1) is 16.5 Å². The van der Waals surface area contributed by atoms with Gasteiger partial charge >= 0.3 is 0 Å². The van der Waals surface area contributed by atoms with Crippen LogP contribution in [0.1, 0.15) is 37.0 Å². The minimum Gasteiger partial charge on any atom is -0.340 e. The maximum atomic E-state index is 13.0. The molecule has 0 aromatic heterocycles. The molecule has 1 atom stereocenters. The van der Waals surface area contributed by atoms with Crippen LogP contribution in [0.15, 0.2) is 53.4 Å². The van der Waals surface area contributed by atoms with Gasteiger partial charge in [-0.15, -0.1) is 0 Å². The Labute approximate surface area is 173 Å². The number of amides is 1. The molecule has 0 fully saturated rings. The van der Waals surface area contributed by atoms with Crippen LogP contribution in [-0.4, -0.2) is 32.3 Å². The van der Waals surface area contributed by atoms with E-state index in [1.54, 1.807) is 37.4 Å². The topological polar surface area (TPSA) is 90.3 Å². The number of nitrogens with zero attached hydrogens (tertiary/aromatic N) is 2. The predicted octanol–water partition coefficient (Wildman–Crippen LogP) is 3.22. The van der Waals surface area contributed by atoms with Gasteiger partial charge in [0, 0.05) is 13.6 Å². The minimum atomic E-state index is -3.82. The molecule has 0 spiro atoms. The number of nitriles is 1. The first-order valence-electron chi connectivity index (χ1n) is 9.45. The molecule has 2 aromatic rings. The van der Waals surface area contributed by atoms with Gasteiger partial charge in [-0.25, -0.2) is 8.42 Å². The quantitative estimate of drug-likeness (QED) is 0.719. The predicted molar refractivity (Wildman–Crippen MR) is 112 cm³/mol. The van der Waals surface area contributed by atoms with Gasteiger partial charge in [0.1, 0.15) is 6.04 Å². The molecule has 0 saturated heterocycles. The van der Waals surface area contributed by atoms with E-state index in [-0.39, 0.29) is 23.3 Å². The van der Waals surface area contributed by atoms with Crippen molar-refractivity contribution in [1.82, 2.24) is 9.62 Å². The molecule has 1 N–H and O–H groups in total. The summed E-state index contributed by atoms with van der Waals surface area (Å²) in [7, 11) is -2.19. The molecule has 6 nitrogen and oxygen atoms in total. The van der Waals surface area contributed by atoms with Crippen molar-refractivity contribution >= 4 is 15.9 Å². The third-order valence-corrected chi connectivity index (χ3v) is 5.97. The van der Waals surface area contributed by atoms with Gasteiger partial charge in [-0.2, -0.15) is 9.98 Å². The second kappa shape index (κ2) is 9.68. The monoisotopic (exact) mass is 413 g/mol. The summed E-state index contributed by atoms with van der Waals surface area (Å²) in [6, 6.07) is 14.7. The SMILES string of the molecule is Cc1ccc(S(=O)(=O)NC(CC(C)C)C(=O)N(C)Cc2cccc(C#N)c2)cc1. The normalized spacial score (nSPS) is 12.4. The molecule has 1 unspecified atom stereocenters. The maximum absolute atomic E-state index is 13.0. The van der Waals surface area contributed by atoms with Crippen LogP contribution in [0.25, 0.3) is 0 Å². The van der Waals surface area contributed by atoms with Crippen molar-refractivity contribution in [3.63, 3.8) is 0 Å². The summed E-state index contributed by atoms with van der Waals surface area (Å²) >= 11 is 0. The number of carbonyl (C=O) groups excluding carboxylic acids is 1. The molecule has 7 heteroatoms. The average molecular weight is 414 g/mol. The molecule has 29 heavy (non-hydrogen) atoms. The Hall–Kier alpha value is -2.69. The van der Waals surface area contributed by atoms with E-state index >= 15 is 0 Å². The first-order chi connectivity index (χ1) is 13.6. The highest BCUT2D eigenvalue weighted by Crippen LogP contribution is 2.16. The van der Waals surface area contributed by atoms with Crippen LogP contribution in [0.3, 0.4) is 0 Å². The van der Waals surface area contributed by atoms with Crippen molar-refractivity contribution in [2.75, 3.05) is 7.05 Å². The van der Waals surface area contributed by atoms with Crippen molar-refractivity contribution < 1.29 is 13.2 Å². The fraction of sp³-hybridized carbons (Fsp3) is 0.364. The van der Waals surface area contributed by atoms with E-state index in [9.17, 15) is 13.2 Å². The Kier molecular flexibility index (Phi) is 7.54. The van der Waals surface area contributed by atoms with E-state index in [1.807, 2.05) is 26.8 Å². The molecule has 0 bridgehead atoms. The molecule has 2 rings (SSSR count). The van der Waals surface area contributed by atoms with Gasteiger partial charge in [0.25, 0.3) is 0 Å². The summed E-state index contributed by atoms with van der Waals surface area (Å²) in [6.45, 7) is 6.05. The van der Waals surface area contributed by atoms with E-state index < -0.39 is 16.1 Å². The number of sulfonamides is 1. The molecule has 154 valence electrons. The third-order valence-electron chi connectivity index (χ3n) is 4.49. The molecule has 1 amide bonds. The van der Waals surface area contributed by atoms with Crippen LogP contribution < -0.4 is 4.72 Å². The van der Waals surface area contributed by atoms with Gasteiger partial charge in [-0.3, -0.25) is 4.79 Å². The number of likely N-dealkylation sites (N-methyl/N-ethyl adjacent to an activating group) is 1. The van der Waals surface area contributed by atoms with Gasteiger partial charge in [-0.05, 0) is 49.1 Å². The minimum absolute atomic E-state index is 0.125. The zero-order chi connectivity index (χ0) is 21.6. The van der Waals surface area contributed by atoms with Crippen molar-refractivity contribution in [3.8, 4) is 6.07 Å². The fourth-order valence-corrected chi connectivity index (χ4v) is 4.20. The van der Waals surface area contributed by atoms with Crippen molar-refractivity contribution in [2.45, 2.75) is 44.7 Å². The highest BCUT2D eigenvalue weighted by Gasteiger charge is 2.28. The lowest BCUT2D eigenvalue weighted by Crippen LogP contribution is -2.47. The summed E-state index contributed by atoms with van der Waals surface area (Å²) in [6.07, 6.45) is 0.381. The van der Waals surface area contributed by atoms with Crippen LogP contribution in [-0.2, 0) is 21.4 Å². The summed E-state index contributed by atoms with van der Waals surface area (Å²) in [5, 5.41) is 9.04. The molecule has 0 aliphatic heterocycles. The Bertz CT molecular complexity index is 993. The Morgan fingerprint density at radius 1 is 1.17 bits per heavy atom. The van der Waals surface area contributed by atoms with Gasteiger partial charge in [0.15, 0.2) is 0 Å². The Morgan fingerprint density at radius 2 is 1.83 bits per heavy atom. The molecule has 0 saturated carbocycles. The standard InChI is InChI=1S/C22H27N3O3S/c1-16(2)12-21(24-29(27,28)20-10-8-17(3)9-11-20)22(26)25(4)15-19-7-5-6-18(13-19)14-23/h5-11,13,16,21,24H,12,15H2,1-4H3. The number of nitrogens with one attached hydrogen (secondary N) is 1. The second-order valence-corrected chi connectivity index (χ2v) is 9.34. The number of carbonyl (C=O) groups is 1. The van der Waals surface area contributed by atoms with E-state index in [0.717, 1.165) is 11.1 Å². The van der Waals surface area contributed by atoms with Gasteiger partial charge in [0.2, 0.25) is 15.9 Å². The number of hydrogen-bond donors (Lipinski definition) is 1. The lowest BCUT2D eigenvalue weighted by molar-refractivity contribution is -0.132. The van der Waals surface area contributed by atoms with Crippen LogP contribution >= 0.6 is 0 Å². The zero-order valence-electron chi connectivity index (χ0n) is 17.2. The van der Waals surface area contributed by atoms with Crippen LogP contribution in [0, 0.1) is 24.2 Å². The molecule has 0 aliphatic rings. The molecular weight excluding hydrogens is 386 g/mol. The first-order valence-corrected chi connectivity index (χ1v) is 10.9. The molecule has 0 radical (unpaired) electrons. The fourth-order valence-electron chi connectivity index (χ4n) is 3.00. The second-order valence-electron chi connectivity index (χ2n) is 7.62. The summed E-state index contributed by atoms with van der Waals surface area (Å²) < 4.78 is 28.2. The lowest BCUT2D eigenvalue weighted by Gasteiger charge is -2.26.